The molecule has 13 heteroatoms. The van der Waals surface area contributed by atoms with Crippen molar-refractivity contribution in [3.05, 3.63) is 65.3 Å². The van der Waals surface area contributed by atoms with Crippen LogP contribution in [0.1, 0.15) is 22.8 Å². The van der Waals surface area contributed by atoms with Gasteiger partial charge in [0.05, 0.1) is 39.3 Å². The molecular formula is C20H18IN3O8S. The predicted octanol–water partition coefficient (Wildman–Crippen LogP) is 3.73. The Morgan fingerprint density at radius 3 is 2.48 bits per heavy atom. The van der Waals surface area contributed by atoms with Gasteiger partial charge in [0.1, 0.15) is 10.6 Å². The lowest BCUT2D eigenvalue weighted by molar-refractivity contribution is -0.394. The minimum atomic E-state index is -1.04. The highest BCUT2D eigenvalue weighted by atomic mass is 127. The van der Waals surface area contributed by atoms with Gasteiger partial charge < -0.3 is 19.1 Å². The maximum atomic E-state index is 12.8. The number of esters is 1. The van der Waals surface area contributed by atoms with Gasteiger partial charge in [-0.2, -0.15) is 0 Å². The van der Waals surface area contributed by atoms with Crippen LogP contribution in [0.15, 0.2) is 30.3 Å². The molecule has 0 atom stereocenters. The number of benzene rings is 2. The molecular weight excluding hydrogens is 569 g/mol. The summed E-state index contributed by atoms with van der Waals surface area (Å²) in [5.74, 6) is -0.726. The maximum Gasteiger partial charge on any atom is 0.350 e. The third kappa shape index (κ3) is 5.72. The number of rotatable bonds is 7. The fourth-order valence-electron chi connectivity index (χ4n) is 3.11. The summed E-state index contributed by atoms with van der Waals surface area (Å²) < 4.78 is 17.0. The first-order valence-corrected chi connectivity index (χ1v) is 11.2. The molecule has 1 aliphatic heterocycles. The van der Waals surface area contributed by atoms with Crippen LogP contribution in [-0.2, 0) is 4.74 Å². The van der Waals surface area contributed by atoms with Gasteiger partial charge >= 0.3 is 5.97 Å². The molecule has 0 amide bonds. The van der Waals surface area contributed by atoms with Gasteiger partial charge in [-0.3, -0.25) is 20.2 Å². The van der Waals surface area contributed by atoms with E-state index in [1.807, 2.05) is 27.5 Å². The minimum Gasteiger partial charge on any atom is -0.490 e. The first kappa shape index (κ1) is 24.7. The van der Waals surface area contributed by atoms with Crippen LogP contribution >= 0.6 is 34.8 Å². The molecule has 0 radical (unpaired) electrons. The summed E-state index contributed by atoms with van der Waals surface area (Å²) in [6.45, 7) is 4.47. The molecule has 0 bridgehead atoms. The van der Waals surface area contributed by atoms with E-state index in [9.17, 15) is 25.0 Å². The van der Waals surface area contributed by atoms with E-state index < -0.39 is 32.8 Å². The van der Waals surface area contributed by atoms with Crippen LogP contribution < -0.4 is 9.47 Å². The summed E-state index contributed by atoms with van der Waals surface area (Å²) >= 11 is 7.57. The third-order valence-electron chi connectivity index (χ3n) is 4.66. The third-order valence-corrected chi connectivity index (χ3v) is 5.95. The van der Waals surface area contributed by atoms with E-state index in [1.165, 1.54) is 0 Å². The SMILES string of the molecule is CCOc1cc(C(=S)N2CCOCC2)cc(I)c1OC(=O)c1ccc([N+](=O)[O-])cc1[N+](=O)[O-]. The highest BCUT2D eigenvalue weighted by molar-refractivity contribution is 14.1. The Morgan fingerprint density at radius 1 is 1.18 bits per heavy atom. The molecule has 0 N–H and O–H groups in total. The summed E-state index contributed by atoms with van der Waals surface area (Å²) in [7, 11) is 0. The molecule has 1 aliphatic rings. The van der Waals surface area contributed by atoms with Crippen molar-refractivity contribution >= 4 is 57.1 Å². The van der Waals surface area contributed by atoms with Crippen LogP contribution in [0.3, 0.4) is 0 Å². The monoisotopic (exact) mass is 587 g/mol. The lowest BCUT2D eigenvalue weighted by Gasteiger charge is -2.29. The number of ether oxygens (including phenoxy) is 3. The summed E-state index contributed by atoms with van der Waals surface area (Å²) in [4.78, 5) is 36.1. The molecule has 2 aromatic rings. The van der Waals surface area contributed by atoms with Gasteiger partial charge in [-0.1, -0.05) is 12.2 Å². The van der Waals surface area contributed by atoms with Gasteiger partial charge in [0.2, 0.25) is 0 Å². The Morgan fingerprint density at radius 2 is 1.88 bits per heavy atom. The number of halogens is 1. The lowest BCUT2D eigenvalue weighted by Crippen LogP contribution is -2.40. The molecule has 174 valence electrons. The molecule has 0 spiro atoms. The van der Waals surface area contributed by atoms with Crippen LogP contribution in [0.4, 0.5) is 11.4 Å². The Labute approximate surface area is 207 Å². The van der Waals surface area contributed by atoms with Crippen molar-refractivity contribution in [2.75, 3.05) is 32.9 Å². The fourth-order valence-corrected chi connectivity index (χ4v) is 4.12. The van der Waals surface area contributed by atoms with Crippen molar-refractivity contribution in [2.45, 2.75) is 6.92 Å². The van der Waals surface area contributed by atoms with Crippen molar-refractivity contribution in [1.29, 1.82) is 0 Å². The number of nitro groups is 2. The molecule has 3 rings (SSSR count). The number of hydrogen-bond acceptors (Lipinski definition) is 9. The predicted molar refractivity (Wildman–Crippen MR) is 129 cm³/mol. The highest BCUT2D eigenvalue weighted by Crippen LogP contribution is 2.36. The van der Waals surface area contributed by atoms with Crippen molar-refractivity contribution < 1.29 is 28.9 Å². The first-order chi connectivity index (χ1) is 15.7. The average molecular weight is 587 g/mol. The number of morpholine rings is 1. The highest BCUT2D eigenvalue weighted by Gasteiger charge is 2.28. The smallest absolute Gasteiger partial charge is 0.350 e. The largest absolute Gasteiger partial charge is 0.490 e. The molecule has 33 heavy (non-hydrogen) atoms. The molecule has 0 saturated carbocycles. The number of thiocarbonyl (C=S) groups is 1. The zero-order valence-electron chi connectivity index (χ0n) is 17.3. The summed E-state index contributed by atoms with van der Waals surface area (Å²) in [5.41, 5.74) is -0.964. The van der Waals surface area contributed by atoms with Gasteiger partial charge in [0.15, 0.2) is 11.5 Å². The van der Waals surface area contributed by atoms with Crippen molar-refractivity contribution in [3.8, 4) is 11.5 Å². The molecule has 0 aliphatic carbocycles. The molecule has 1 heterocycles. The zero-order valence-corrected chi connectivity index (χ0v) is 20.3. The van der Waals surface area contributed by atoms with Crippen LogP contribution in [0.25, 0.3) is 0 Å². The van der Waals surface area contributed by atoms with Crippen LogP contribution in [0.2, 0.25) is 0 Å². The van der Waals surface area contributed by atoms with Crippen molar-refractivity contribution in [1.82, 2.24) is 4.90 Å². The molecule has 0 unspecified atom stereocenters. The van der Waals surface area contributed by atoms with E-state index >= 15 is 0 Å². The number of carbonyl (C=O) groups is 1. The number of nitro benzene ring substituents is 2. The van der Waals surface area contributed by atoms with Gasteiger partial charge in [-0.25, -0.2) is 4.79 Å². The fraction of sp³-hybridized carbons (Fsp3) is 0.300. The standard InChI is InChI=1S/C20H18IN3O8S/c1-2-31-17-10-12(19(33)22-5-7-30-8-6-22)9-15(21)18(17)32-20(25)14-4-3-13(23(26)27)11-16(14)24(28)29/h3-4,9-11H,2,5-8H2,1H3. The number of hydrogen-bond donors (Lipinski definition) is 0. The van der Waals surface area contributed by atoms with Crippen LogP contribution in [0, 0.1) is 23.8 Å². The second-order valence-electron chi connectivity index (χ2n) is 6.73. The average Bonchev–Trinajstić information content (AvgIpc) is 2.80. The first-order valence-electron chi connectivity index (χ1n) is 9.71. The maximum absolute atomic E-state index is 12.8. The second kappa shape index (κ2) is 10.8. The Balaban J connectivity index is 1.94. The van der Waals surface area contributed by atoms with E-state index in [2.05, 4.69) is 0 Å². The quantitative estimate of drug-likeness (QED) is 0.118. The van der Waals surface area contributed by atoms with E-state index in [0.29, 0.717) is 40.4 Å². The Hall–Kier alpha value is -2.91. The van der Waals surface area contributed by atoms with Gasteiger partial charge in [-0.15, -0.1) is 0 Å². The number of carbonyl (C=O) groups excluding carboxylic acids is 1. The van der Waals surface area contributed by atoms with Crippen molar-refractivity contribution in [3.63, 3.8) is 0 Å². The van der Waals surface area contributed by atoms with Crippen LogP contribution in [-0.4, -0.2) is 58.6 Å². The van der Waals surface area contributed by atoms with E-state index in [1.54, 1.807) is 19.1 Å². The minimum absolute atomic E-state index is 0.0728. The molecule has 11 nitrogen and oxygen atoms in total. The normalized spacial score (nSPS) is 13.3. The Bertz CT molecular complexity index is 1120. The zero-order chi connectivity index (χ0) is 24.1. The van der Waals surface area contributed by atoms with Gasteiger partial charge in [0, 0.05) is 24.7 Å². The molecule has 2 aromatic carbocycles. The van der Waals surface area contributed by atoms with Gasteiger partial charge in [0.25, 0.3) is 11.4 Å². The van der Waals surface area contributed by atoms with E-state index in [4.69, 9.17) is 26.4 Å². The van der Waals surface area contributed by atoms with E-state index in [0.717, 1.165) is 18.2 Å². The number of nitrogens with zero attached hydrogens (tertiary/aromatic N) is 3. The lowest BCUT2D eigenvalue weighted by atomic mass is 10.1. The molecule has 1 saturated heterocycles. The summed E-state index contributed by atoms with van der Waals surface area (Å²) in [5, 5.41) is 22.3. The Kier molecular flexibility index (Phi) is 8.10. The topological polar surface area (TPSA) is 134 Å². The summed E-state index contributed by atoms with van der Waals surface area (Å²) in [6, 6.07) is 6.09. The second-order valence-corrected chi connectivity index (χ2v) is 8.28. The van der Waals surface area contributed by atoms with Crippen molar-refractivity contribution in [2.24, 2.45) is 0 Å². The van der Waals surface area contributed by atoms with E-state index in [-0.39, 0.29) is 18.1 Å². The molecule has 1 fully saturated rings. The number of non-ortho nitro benzene ring substituents is 1. The van der Waals surface area contributed by atoms with Gasteiger partial charge in [-0.05, 0) is 47.7 Å². The molecule has 0 aromatic heterocycles. The van der Waals surface area contributed by atoms with Crippen LogP contribution in [0.5, 0.6) is 11.5 Å². The summed E-state index contributed by atoms with van der Waals surface area (Å²) in [6.07, 6.45) is 0.